The van der Waals surface area contributed by atoms with Crippen LogP contribution in [0, 0.1) is 0 Å². The highest BCUT2D eigenvalue weighted by atomic mass is 16.2. The second-order valence-corrected chi connectivity index (χ2v) is 2.92. The molecule has 6 heteroatoms. The highest BCUT2D eigenvalue weighted by Crippen LogP contribution is 2.01. The van der Waals surface area contributed by atoms with Crippen molar-refractivity contribution in [3.8, 4) is 0 Å². The first-order valence-corrected chi connectivity index (χ1v) is 3.85. The van der Waals surface area contributed by atoms with E-state index in [0.29, 0.717) is 13.1 Å². The molecule has 3 amide bonds. The van der Waals surface area contributed by atoms with Crippen molar-refractivity contribution in [1.82, 2.24) is 9.80 Å². The molecule has 13 heavy (non-hydrogen) atoms. The van der Waals surface area contributed by atoms with Crippen molar-refractivity contribution in [1.29, 1.82) is 0 Å². The third kappa shape index (κ3) is 1.95. The largest absolute Gasteiger partial charge is 0.368 e. The summed E-state index contributed by atoms with van der Waals surface area (Å²) in [5.74, 6) is -1.86. The number of nitrogens with two attached hydrogens (primary N) is 1. The van der Waals surface area contributed by atoms with Crippen LogP contribution in [0.5, 0.6) is 0 Å². The standard InChI is InChI=1S/C7H11N3O3/c1-9-2-3-10(4-5(8)11)7(13)6(9)12/h2-4H2,1H3,(H2,8,11). The molecule has 0 aromatic rings. The second kappa shape index (κ2) is 3.42. The first-order chi connectivity index (χ1) is 6.02. The lowest BCUT2D eigenvalue weighted by molar-refractivity contribution is -0.155. The molecule has 1 saturated heterocycles. The number of carbonyl (C=O) groups excluding carboxylic acids is 3. The molecule has 0 saturated carbocycles. The predicted octanol–water partition coefficient (Wildman–Crippen LogP) is -2.23. The Hall–Kier alpha value is -1.59. The maximum absolute atomic E-state index is 11.2. The van der Waals surface area contributed by atoms with Gasteiger partial charge >= 0.3 is 11.8 Å². The number of rotatable bonds is 2. The average Bonchev–Trinajstić information content (AvgIpc) is 2.06. The number of hydrogen-bond acceptors (Lipinski definition) is 3. The van der Waals surface area contributed by atoms with Gasteiger partial charge in [-0.15, -0.1) is 0 Å². The zero-order chi connectivity index (χ0) is 10.0. The Bertz CT molecular complexity index is 264. The molecule has 0 aliphatic carbocycles. The summed E-state index contributed by atoms with van der Waals surface area (Å²) in [6.07, 6.45) is 0. The van der Waals surface area contributed by atoms with Crippen LogP contribution < -0.4 is 5.73 Å². The average molecular weight is 185 g/mol. The molecule has 0 bridgehead atoms. The lowest BCUT2D eigenvalue weighted by atomic mass is 10.3. The van der Waals surface area contributed by atoms with Gasteiger partial charge in [0.2, 0.25) is 5.91 Å². The summed E-state index contributed by atoms with van der Waals surface area (Å²) >= 11 is 0. The van der Waals surface area contributed by atoms with Crippen molar-refractivity contribution in [2.45, 2.75) is 0 Å². The SMILES string of the molecule is CN1CCN(CC(N)=O)C(=O)C1=O. The zero-order valence-electron chi connectivity index (χ0n) is 7.32. The number of primary amides is 1. The molecule has 1 heterocycles. The summed E-state index contributed by atoms with van der Waals surface area (Å²) in [7, 11) is 1.54. The van der Waals surface area contributed by atoms with E-state index in [9.17, 15) is 14.4 Å². The van der Waals surface area contributed by atoms with E-state index in [1.54, 1.807) is 7.05 Å². The Kier molecular flexibility index (Phi) is 2.50. The Labute approximate surface area is 75.3 Å². The summed E-state index contributed by atoms with van der Waals surface area (Å²) in [5, 5.41) is 0. The number of likely N-dealkylation sites (N-methyl/N-ethyl adjacent to an activating group) is 1. The number of piperazine rings is 1. The number of carbonyl (C=O) groups is 3. The predicted molar refractivity (Wildman–Crippen MR) is 43.4 cm³/mol. The van der Waals surface area contributed by atoms with Gasteiger partial charge < -0.3 is 15.5 Å². The fraction of sp³-hybridized carbons (Fsp3) is 0.571. The Balaban J connectivity index is 2.64. The molecular formula is C7H11N3O3. The molecule has 1 rings (SSSR count). The molecule has 0 radical (unpaired) electrons. The van der Waals surface area contributed by atoms with Gasteiger partial charge in [0, 0.05) is 20.1 Å². The molecule has 0 unspecified atom stereocenters. The van der Waals surface area contributed by atoms with Gasteiger partial charge in [-0.05, 0) is 0 Å². The van der Waals surface area contributed by atoms with Crippen LogP contribution in [0.1, 0.15) is 0 Å². The summed E-state index contributed by atoms with van der Waals surface area (Å²) in [6.45, 7) is 0.625. The highest BCUT2D eigenvalue weighted by molar-refractivity contribution is 6.35. The smallest absolute Gasteiger partial charge is 0.312 e. The monoisotopic (exact) mass is 185 g/mol. The topological polar surface area (TPSA) is 83.7 Å². The maximum atomic E-state index is 11.2. The van der Waals surface area contributed by atoms with Gasteiger partial charge in [0.05, 0.1) is 6.54 Å². The minimum absolute atomic E-state index is 0.182. The Morgan fingerprint density at radius 3 is 2.54 bits per heavy atom. The summed E-state index contributed by atoms with van der Waals surface area (Å²) in [6, 6.07) is 0. The van der Waals surface area contributed by atoms with Crippen LogP contribution in [0.25, 0.3) is 0 Å². The molecule has 0 aromatic carbocycles. The molecule has 2 N–H and O–H groups in total. The first kappa shape index (κ1) is 9.50. The molecule has 1 fully saturated rings. The normalized spacial score (nSPS) is 17.9. The molecule has 0 spiro atoms. The van der Waals surface area contributed by atoms with Crippen LogP contribution in [0.2, 0.25) is 0 Å². The van der Waals surface area contributed by atoms with E-state index >= 15 is 0 Å². The summed E-state index contributed by atoms with van der Waals surface area (Å²) < 4.78 is 0. The molecule has 6 nitrogen and oxygen atoms in total. The maximum Gasteiger partial charge on any atom is 0.312 e. The van der Waals surface area contributed by atoms with Gasteiger partial charge in [0.1, 0.15) is 0 Å². The van der Waals surface area contributed by atoms with Crippen molar-refractivity contribution < 1.29 is 14.4 Å². The van der Waals surface area contributed by atoms with E-state index in [1.165, 1.54) is 4.90 Å². The van der Waals surface area contributed by atoms with Crippen molar-refractivity contribution in [3.63, 3.8) is 0 Å². The van der Waals surface area contributed by atoms with Crippen LogP contribution >= 0.6 is 0 Å². The quantitative estimate of drug-likeness (QED) is 0.494. The lowest BCUT2D eigenvalue weighted by Crippen LogP contribution is -2.54. The Morgan fingerprint density at radius 2 is 2.00 bits per heavy atom. The molecule has 0 aromatic heterocycles. The van der Waals surface area contributed by atoms with E-state index in [4.69, 9.17) is 5.73 Å². The minimum atomic E-state index is -0.660. The van der Waals surface area contributed by atoms with E-state index in [-0.39, 0.29) is 6.54 Å². The van der Waals surface area contributed by atoms with Crippen LogP contribution in [-0.4, -0.2) is 54.2 Å². The van der Waals surface area contributed by atoms with E-state index in [2.05, 4.69) is 0 Å². The van der Waals surface area contributed by atoms with Crippen molar-refractivity contribution in [3.05, 3.63) is 0 Å². The van der Waals surface area contributed by atoms with Crippen molar-refractivity contribution in [2.75, 3.05) is 26.7 Å². The highest BCUT2D eigenvalue weighted by Gasteiger charge is 2.30. The third-order valence-electron chi connectivity index (χ3n) is 1.87. The van der Waals surface area contributed by atoms with Crippen molar-refractivity contribution >= 4 is 17.7 Å². The molecule has 1 aliphatic heterocycles. The van der Waals surface area contributed by atoms with Gasteiger partial charge in [0.25, 0.3) is 0 Å². The molecular weight excluding hydrogens is 174 g/mol. The Morgan fingerprint density at radius 1 is 1.38 bits per heavy atom. The third-order valence-corrected chi connectivity index (χ3v) is 1.87. The first-order valence-electron chi connectivity index (χ1n) is 3.85. The zero-order valence-corrected chi connectivity index (χ0v) is 7.32. The van der Waals surface area contributed by atoms with E-state index in [0.717, 1.165) is 4.90 Å². The molecule has 72 valence electrons. The number of amides is 3. The lowest BCUT2D eigenvalue weighted by Gasteiger charge is -2.30. The fourth-order valence-electron chi connectivity index (χ4n) is 1.11. The van der Waals surface area contributed by atoms with Crippen LogP contribution in [0.4, 0.5) is 0 Å². The molecule has 1 aliphatic rings. The van der Waals surface area contributed by atoms with Crippen LogP contribution in [-0.2, 0) is 14.4 Å². The van der Waals surface area contributed by atoms with Gasteiger partial charge in [-0.1, -0.05) is 0 Å². The van der Waals surface area contributed by atoms with Gasteiger partial charge in [-0.25, -0.2) is 0 Å². The van der Waals surface area contributed by atoms with Crippen molar-refractivity contribution in [2.24, 2.45) is 5.73 Å². The van der Waals surface area contributed by atoms with E-state index < -0.39 is 17.7 Å². The van der Waals surface area contributed by atoms with E-state index in [1.807, 2.05) is 0 Å². The summed E-state index contributed by atoms with van der Waals surface area (Å²) in [4.78, 5) is 35.3. The van der Waals surface area contributed by atoms with Gasteiger partial charge in [0.15, 0.2) is 0 Å². The summed E-state index contributed by atoms with van der Waals surface area (Å²) in [5.41, 5.74) is 4.91. The van der Waals surface area contributed by atoms with Gasteiger partial charge in [-0.3, -0.25) is 14.4 Å². The minimum Gasteiger partial charge on any atom is -0.368 e. The molecule has 0 atom stereocenters. The van der Waals surface area contributed by atoms with Crippen LogP contribution in [0.3, 0.4) is 0 Å². The van der Waals surface area contributed by atoms with Crippen LogP contribution in [0.15, 0.2) is 0 Å². The number of hydrogen-bond donors (Lipinski definition) is 1. The van der Waals surface area contributed by atoms with Gasteiger partial charge in [-0.2, -0.15) is 0 Å². The second-order valence-electron chi connectivity index (χ2n) is 2.92. The number of nitrogens with zero attached hydrogens (tertiary/aromatic N) is 2. The fourth-order valence-corrected chi connectivity index (χ4v) is 1.11.